The molecule has 1 rings (SSSR count). The summed E-state index contributed by atoms with van der Waals surface area (Å²) < 4.78 is 0. The molecule has 0 spiro atoms. The van der Waals surface area contributed by atoms with Gasteiger partial charge in [0, 0.05) is 13.1 Å². The number of amides is 1. The number of rotatable bonds is 6. The van der Waals surface area contributed by atoms with Crippen LogP contribution < -0.4 is 10.6 Å². The highest BCUT2D eigenvalue weighted by Gasteiger charge is 2.21. The summed E-state index contributed by atoms with van der Waals surface area (Å²) in [5.74, 6) is 0.546. The number of hydrogen-bond donors (Lipinski definition) is 2. The molecule has 0 aromatic heterocycles. The summed E-state index contributed by atoms with van der Waals surface area (Å²) in [4.78, 5) is 12.0. The number of aryl methyl sites for hydroxylation is 3. The Bertz CT molecular complexity index is 494. The van der Waals surface area contributed by atoms with Crippen LogP contribution >= 0.6 is 0 Å². The molecule has 0 aliphatic rings. The zero-order chi connectivity index (χ0) is 16.2. The minimum absolute atomic E-state index is 0.0667. The molecule has 1 amide bonds. The molecule has 0 aliphatic carbocycles. The molecule has 0 saturated heterocycles. The minimum atomic E-state index is -0.147. The van der Waals surface area contributed by atoms with E-state index in [9.17, 15) is 4.79 Å². The molecule has 21 heavy (non-hydrogen) atoms. The first-order valence-corrected chi connectivity index (χ1v) is 7.81. The van der Waals surface area contributed by atoms with Gasteiger partial charge in [-0.25, -0.2) is 0 Å². The fourth-order valence-corrected chi connectivity index (χ4v) is 2.74. The second kappa shape index (κ2) is 7.60. The van der Waals surface area contributed by atoms with E-state index < -0.39 is 0 Å². The van der Waals surface area contributed by atoms with Crippen LogP contribution in [0.3, 0.4) is 0 Å². The molecular formula is C18H30N2O. The average molecular weight is 290 g/mol. The topological polar surface area (TPSA) is 41.1 Å². The molecule has 0 heterocycles. The lowest BCUT2D eigenvalue weighted by Gasteiger charge is -2.25. The highest BCUT2D eigenvalue weighted by Crippen LogP contribution is 2.22. The number of nitrogens with one attached hydrogen (secondary N) is 2. The van der Waals surface area contributed by atoms with Crippen LogP contribution in [-0.4, -0.2) is 19.0 Å². The zero-order valence-electron chi connectivity index (χ0n) is 14.5. The van der Waals surface area contributed by atoms with Crippen molar-refractivity contribution in [2.45, 2.75) is 60.0 Å². The van der Waals surface area contributed by atoms with E-state index in [1.54, 1.807) is 7.05 Å². The van der Waals surface area contributed by atoms with Crippen LogP contribution in [0.2, 0.25) is 0 Å². The summed E-state index contributed by atoms with van der Waals surface area (Å²) in [6.07, 6.45) is 0.841. The lowest BCUT2D eigenvalue weighted by Crippen LogP contribution is -2.44. The number of carbonyl (C=O) groups excluding carboxylic acids is 1. The molecule has 0 saturated carbocycles. The zero-order valence-corrected chi connectivity index (χ0v) is 14.5. The van der Waals surface area contributed by atoms with E-state index in [2.05, 4.69) is 64.3 Å². The summed E-state index contributed by atoms with van der Waals surface area (Å²) in [7, 11) is 1.70. The van der Waals surface area contributed by atoms with E-state index in [0.29, 0.717) is 5.92 Å². The molecule has 2 N–H and O–H groups in total. The third kappa shape index (κ3) is 4.85. The van der Waals surface area contributed by atoms with Crippen LogP contribution in [0.25, 0.3) is 0 Å². The van der Waals surface area contributed by atoms with Crippen molar-refractivity contribution in [3.63, 3.8) is 0 Å². The molecule has 0 aliphatic heterocycles. The molecule has 1 aromatic carbocycles. The lowest BCUT2D eigenvalue weighted by molar-refractivity contribution is -0.123. The van der Waals surface area contributed by atoms with Crippen molar-refractivity contribution in [2.24, 2.45) is 5.92 Å². The van der Waals surface area contributed by atoms with E-state index in [1.165, 1.54) is 22.3 Å². The third-order valence-corrected chi connectivity index (χ3v) is 4.07. The summed E-state index contributed by atoms with van der Waals surface area (Å²) in [6, 6.07) is 4.47. The van der Waals surface area contributed by atoms with Crippen LogP contribution in [0.5, 0.6) is 0 Å². The number of benzene rings is 1. The SMILES string of the molecule is CNC(=O)C(CC(C)C)NC(C)c1cc(C)c(C)cc1C. The first-order chi connectivity index (χ1) is 9.76. The Kier molecular flexibility index (Phi) is 6.41. The van der Waals surface area contributed by atoms with E-state index in [1.807, 2.05) is 0 Å². The summed E-state index contributed by atoms with van der Waals surface area (Å²) in [5, 5.41) is 6.25. The predicted molar refractivity (Wildman–Crippen MR) is 89.5 cm³/mol. The van der Waals surface area contributed by atoms with Crippen molar-refractivity contribution in [2.75, 3.05) is 7.05 Å². The monoisotopic (exact) mass is 290 g/mol. The molecular weight excluding hydrogens is 260 g/mol. The van der Waals surface area contributed by atoms with Crippen LogP contribution in [0.15, 0.2) is 12.1 Å². The minimum Gasteiger partial charge on any atom is -0.358 e. The van der Waals surface area contributed by atoms with Crippen LogP contribution in [0.1, 0.15) is 55.5 Å². The Morgan fingerprint density at radius 3 is 2.14 bits per heavy atom. The van der Waals surface area contributed by atoms with Crippen molar-refractivity contribution >= 4 is 5.91 Å². The number of carbonyl (C=O) groups is 1. The maximum Gasteiger partial charge on any atom is 0.236 e. The quantitative estimate of drug-likeness (QED) is 0.843. The first-order valence-electron chi connectivity index (χ1n) is 7.81. The van der Waals surface area contributed by atoms with Crippen molar-refractivity contribution < 1.29 is 4.79 Å². The van der Waals surface area contributed by atoms with E-state index in [0.717, 1.165) is 6.42 Å². The molecule has 0 radical (unpaired) electrons. The van der Waals surface area contributed by atoms with E-state index >= 15 is 0 Å². The lowest BCUT2D eigenvalue weighted by atomic mass is 9.95. The van der Waals surface area contributed by atoms with E-state index in [4.69, 9.17) is 0 Å². The van der Waals surface area contributed by atoms with Crippen LogP contribution in [0.4, 0.5) is 0 Å². The predicted octanol–water partition coefficient (Wildman–Crippen LogP) is 3.42. The van der Waals surface area contributed by atoms with Crippen molar-refractivity contribution in [3.05, 3.63) is 34.4 Å². The molecule has 3 nitrogen and oxygen atoms in total. The first kappa shape index (κ1) is 17.7. The summed E-state index contributed by atoms with van der Waals surface area (Å²) >= 11 is 0. The Labute approximate surface area is 129 Å². The normalized spacial score (nSPS) is 14.1. The van der Waals surface area contributed by atoms with Crippen molar-refractivity contribution in [3.8, 4) is 0 Å². The molecule has 3 heteroatoms. The average Bonchev–Trinajstić information content (AvgIpc) is 2.40. The fourth-order valence-electron chi connectivity index (χ4n) is 2.74. The van der Waals surface area contributed by atoms with Gasteiger partial charge in [-0.05, 0) is 62.3 Å². The van der Waals surface area contributed by atoms with Gasteiger partial charge in [-0.2, -0.15) is 0 Å². The maximum atomic E-state index is 12.0. The fraction of sp³-hybridized carbons (Fsp3) is 0.611. The van der Waals surface area contributed by atoms with Crippen molar-refractivity contribution in [1.82, 2.24) is 10.6 Å². The Hall–Kier alpha value is -1.35. The van der Waals surface area contributed by atoms with Crippen LogP contribution in [-0.2, 0) is 4.79 Å². The van der Waals surface area contributed by atoms with Gasteiger partial charge in [0.05, 0.1) is 6.04 Å². The van der Waals surface area contributed by atoms with E-state index in [-0.39, 0.29) is 18.0 Å². The second-order valence-electron chi connectivity index (χ2n) is 6.48. The van der Waals surface area contributed by atoms with Gasteiger partial charge in [0.1, 0.15) is 0 Å². The molecule has 0 bridgehead atoms. The van der Waals surface area contributed by atoms with Gasteiger partial charge >= 0.3 is 0 Å². The maximum absolute atomic E-state index is 12.0. The van der Waals surface area contributed by atoms with Crippen molar-refractivity contribution in [1.29, 1.82) is 0 Å². The molecule has 2 unspecified atom stereocenters. The third-order valence-electron chi connectivity index (χ3n) is 4.07. The highest BCUT2D eigenvalue weighted by molar-refractivity contribution is 5.81. The van der Waals surface area contributed by atoms with Gasteiger partial charge in [-0.3, -0.25) is 10.1 Å². The number of likely N-dealkylation sites (N-methyl/N-ethyl adjacent to an activating group) is 1. The Balaban J connectivity index is 2.93. The second-order valence-corrected chi connectivity index (χ2v) is 6.48. The van der Waals surface area contributed by atoms with Gasteiger partial charge in [0.15, 0.2) is 0 Å². The number of hydrogen-bond acceptors (Lipinski definition) is 2. The molecule has 118 valence electrons. The van der Waals surface area contributed by atoms with Gasteiger partial charge < -0.3 is 5.32 Å². The summed E-state index contributed by atoms with van der Waals surface area (Å²) in [5.41, 5.74) is 5.16. The highest BCUT2D eigenvalue weighted by atomic mass is 16.2. The Morgan fingerprint density at radius 2 is 1.62 bits per heavy atom. The Morgan fingerprint density at radius 1 is 1.05 bits per heavy atom. The molecule has 0 fully saturated rings. The standard InChI is InChI=1S/C18H30N2O/c1-11(2)8-17(18(21)19-7)20-15(6)16-10-13(4)12(3)9-14(16)5/h9-11,15,17,20H,8H2,1-7H3,(H,19,21). The van der Waals surface area contributed by atoms with Gasteiger partial charge in [-0.1, -0.05) is 26.0 Å². The largest absolute Gasteiger partial charge is 0.358 e. The molecule has 1 aromatic rings. The summed E-state index contributed by atoms with van der Waals surface area (Å²) in [6.45, 7) is 12.8. The van der Waals surface area contributed by atoms with Gasteiger partial charge in [0.25, 0.3) is 0 Å². The van der Waals surface area contributed by atoms with Crippen LogP contribution in [0, 0.1) is 26.7 Å². The molecule has 2 atom stereocenters. The smallest absolute Gasteiger partial charge is 0.236 e. The van der Waals surface area contributed by atoms with Gasteiger partial charge in [0.2, 0.25) is 5.91 Å². The van der Waals surface area contributed by atoms with Gasteiger partial charge in [-0.15, -0.1) is 0 Å².